The van der Waals surface area contributed by atoms with Crippen LogP contribution < -0.4 is 0 Å². The Balaban J connectivity index is 1.99. The van der Waals surface area contributed by atoms with Gasteiger partial charge < -0.3 is 5.11 Å². The highest BCUT2D eigenvalue weighted by atomic mass is 16.2. The average Bonchev–Trinajstić information content (AvgIpc) is 2.33. The standard InChI is InChI=1S/C10H12O2/c11-5-6-4-10-2-1-7(10)3-8(10)9(6)12/h5,7-8,11H,1-4H2/b6-5-. The molecule has 0 aromatic rings. The molecule has 1 N–H and O–H groups in total. The molecule has 3 aliphatic carbocycles. The van der Waals surface area contributed by atoms with Crippen molar-refractivity contribution in [2.24, 2.45) is 17.3 Å². The Bertz CT molecular complexity index is 292. The second kappa shape index (κ2) is 1.76. The molecule has 0 bridgehead atoms. The van der Waals surface area contributed by atoms with Crippen LogP contribution in [0.5, 0.6) is 0 Å². The van der Waals surface area contributed by atoms with E-state index in [-0.39, 0.29) is 11.7 Å². The lowest BCUT2D eigenvalue weighted by Crippen LogP contribution is -2.54. The summed E-state index contributed by atoms with van der Waals surface area (Å²) in [6.07, 6.45) is 5.51. The molecule has 2 nitrogen and oxygen atoms in total. The quantitative estimate of drug-likeness (QED) is 0.438. The predicted molar refractivity (Wildman–Crippen MR) is 43.6 cm³/mol. The minimum atomic E-state index is 0.230. The molecule has 1 spiro atoms. The second-order valence-corrected chi connectivity index (χ2v) is 4.45. The minimum Gasteiger partial charge on any atom is -0.515 e. The van der Waals surface area contributed by atoms with Gasteiger partial charge in [-0.05, 0) is 37.0 Å². The molecule has 3 atom stereocenters. The fourth-order valence-electron chi connectivity index (χ4n) is 3.39. The predicted octanol–water partition coefficient (Wildman–Crippen LogP) is 1.82. The smallest absolute Gasteiger partial charge is 0.165 e. The topological polar surface area (TPSA) is 37.3 Å². The van der Waals surface area contributed by atoms with E-state index in [9.17, 15) is 4.79 Å². The van der Waals surface area contributed by atoms with Gasteiger partial charge in [-0.2, -0.15) is 0 Å². The molecule has 3 unspecified atom stereocenters. The van der Waals surface area contributed by atoms with Crippen LogP contribution in [0, 0.1) is 17.3 Å². The van der Waals surface area contributed by atoms with Crippen LogP contribution in [0.15, 0.2) is 11.8 Å². The van der Waals surface area contributed by atoms with E-state index in [0.717, 1.165) is 25.0 Å². The van der Waals surface area contributed by atoms with Crippen molar-refractivity contribution in [3.05, 3.63) is 11.8 Å². The number of carbonyl (C=O) groups is 1. The Morgan fingerprint density at radius 1 is 1.58 bits per heavy atom. The third-order valence-corrected chi connectivity index (χ3v) is 4.29. The molecule has 3 saturated carbocycles. The SMILES string of the molecule is O=C1/C(=C\O)CC23CCC2CC13. The van der Waals surface area contributed by atoms with Gasteiger partial charge in [-0.25, -0.2) is 0 Å². The van der Waals surface area contributed by atoms with Gasteiger partial charge >= 0.3 is 0 Å². The van der Waals surface area contributed by atoms with Crippen LogP contribution in [-0.4, -0.2) is 10.9 Å². The number of rotatable bonds is 0. The van der Waals surface area contributed by atoms with Gasteiger partial charge in [0.25, 0.3) is 0 Å². The van der Waals surface area contributed by atoms with E-state index in [1.807, 2.05) is 0 Å². The number of hydrogen-bond donors (Lipinski definition) is 1. The number of hydrogen-bond acceptors (Lipinski definition) is 2. The van der Waals surface area contributed by atoms with E-state index in [4.69, 9.17) is 5.11 Å². The van der Waals surface area contributed by atoms with Gasteiger partial charge in [0.15, 0.2) is 5.78 Å². The van der Waals surface area contributed by atoms with Crippen molar-refractivity contribution in [1.82, 2.24) is 0 Å². The maximum Gasteiger partial charge on any atom is 0.165 e. The van der Waals surface area contributed by atoms with E-state index in [0.29, 0.717) is 11.0 Å². The number of aliphatic hydroxyl groups is 1. The molecule has 12 heavy (non-hydrogen) atoms. The fourth-order valence-corrected chi connectivity index (χ4v) is 3.39. The summed E-state index contributed by atoms with van der Waals surface area (Å²) in [4.78, 5) is 11.6. The zero-order valence-corrected chi connectivity index (χ0v) is 6.92. The van der Waals surface area contributed by atoms with Crippen LogP contribution in [0.25, 0.3) is 0 Å². The Morgan fingerprint density at radius 2 is 2.42 bits per heavy atom. The van der Waals surface area contributed by atoms with Crippen LogP contribution in [-0.2, 0) is 4.79 Å². The molecule has 0 aromatic carbocycles. The van der Waals surface area contributed by atoms with Crippen molar-refractivity contribution < 1.29 is 9.90 Å². The Hall–Kier alpha value is -0.790. The number of carbonyl (C=O) groups excluding carboxylic acids is 1. The van der Waals surface area contributed by atoms with Crippen molar-refractivity contribution in [3.8, 4) is 0 Å². The van der Waals surface area contributed by atoms with E-state index in [1.165, 1.54) is 12.8 Å². The number of allylic oxidation sites excluding steroid dienone is 1. The Labute approximate surface area is 71.3 Å². The molecular formula is C10H12O2. The zero-order valence-electron chi connectivity index (χ0n) is 6.92. The molecule has 0 aliphatic heterocycles. The van der Waals surface area contributed by atoms with Crippen LogP contribution >= 0.6 is 0 Å². The Morgan fingerprint density at radius 3 is 2.83 bits per heavy atom. The van der Waals surface area contributed by atoms with Crippen molar-refractivity contribution in [3.63, 3.8) is 0 Å². The van der Waals surface area contributed by atoms with Gasteiger partial charge in [-0.1, -0.05) is 0 Å². The van der Waals surface area contributed by atoms with Crippen molar-refractivity contribution >= 4 is 5.78 Å². The molecule has 0 radical (unpaired) electrons. The van der Waals surface area contributed by atoms with Gasteiger partial charge in [0, 0.05) is 11.5 Å². The summed E-state index contributed by atoms with van der Waals surface area (Å²) in [5.41, 5.74) is 1.02. The molecule has 3 fully saturated rings. The van der Waals surface area contributed by atoms with Gasteiger partial charge in [0.1, 0.15) is 0 Å². The molecule has 64 valence electrons. The largest absolute Gasteiger partial charge is 0.515 e. The van der Waals surface area contributed by atoms with Crippen molar-refractivity contribution in [2.45, 2.75) is 25.7 Å². The summed E-state index contributed by atoms with van der Waals surface area (Å²) in [6, 6.07) is 0. The lowest BCUT2D eigenvalue weighted by Gasteiger charge is -2.60. The first kappa shape index (κ1) is 6.70. The highest BCUT2D eigenvalue weighted by Gasteiger charge is 2.66. The molecule has 0 heterocycles. The summed E-state index contributed by atoms with van der Waals surface area (Å²) in [5, 5.41) is 8.84. The lowest BCUT2D eigenvalue weighted by molar-refractivity contribution is -0.148. The van der Waals surface area contributed by atoms with Gasteiger partial charge in [0.2, 0.25) is 0 Å². The van der Waals surface area contributed by atoms with Crippen molar-refractivity contribution in [1.29, 1.82) is 0 Å². The average molecular weight is 164 g/mol. The number of aliphatic hydroxyl groups excluding tert-OH is 1. The second-order valence-electron chi connectivity index (χ2n) is 4.45. The normalized spacial score (nSPS) is 52.7. The maximum atomic E-state index is 11.6. The summed E-state index contributed by atoms with van der Waals surface area (Å²) < 4.78 is 0. The van der Waals surface area contributed by atoms with E-state index in [1.54, 1.807) is 0 Å². The van der Waals surface area contributed by atoms with Gasteiger partial charge in [-0.15, -0.1) is 0 Å². The first-order chi connectivity index (χ1) is 5.78. The lowest BCUT2D eigenvalue weighted by atomic mass is 9.43. The van der Waals surface area contributed by atoms with E-state index in [2.05, 4.69) is 0 Å². The molecule has 0 saturated heterocycles. The third kappa shape index (κ3) is 0.473. The van der Waals surface area contributed by atoms with Crippen LogP contribution in [0.3, 0.4) is 0 Å². The molecular weight excluding hydrogens is 152 g/mol. The number of Topliss-reactive ketones (excluding diaryl/α,β-unsaturated/α-hetero) is 1. The molecule has 2 heteroatoms. The van der Waals surface area contributed by atoms with E-state index >= 15 is 0 Å². The summed E-state index contributed by atoms with van der Waals surface area (Å²) in [7, 11) is 0. The zero-order chi connectivity index (χ0) is 8.34. The molecule has 0 aromatic heterocycles. The fraction of sp³-hybridized carbons (Fsp3) is 0.700. The van der Waals surface area contributed by atoms with Crippen LogP contribution in [0.4, 0.5) is 0 Å². The third-order valence-electron chi connectivity index (χ3n) is 4.29. The Kier molecular flexibility index (Phi) is 0.980. The van der Waals surface area contributed by atoms with Crippen molar-refractivity contribution in [2.75, 3.05) is 0 Å². The van der Waals surface area contributed by atoms with Crippen LogP contribution in [0.2, 0.25) is 0 Å². The molecule has 3 aliphatic rings. The molecule has 0 amide bonds. The van der Waals surface area contributed by atoms with Gasteiger partial charge in [-0.3, -0.25) is 4.79 Å². The van der Waals surface area contributed by atoms with Gasteiger partial charge in [0.05, 0.1) is 6.26 Å². The van der Waals surface area contributed by atoms with Crippen LogP contribution in [0.1, 0.15) is 25.7 Å². The summed E-state index contributed by atoms with van der Waals surface area (Å²) in [5.74, 6) is 1.33. The summed E-state index contributed by atoms with van der Waals surface area (Å²) >= 11 is 0. The maximum absolute atomic E-state index is 11.6. The van der Waals surface area contributed by atoms with E-state index < -0.39 is 0 Å². The highest BCUT2D eigenvalue weighted by molar-refractivity contribution is 6.01. The highest BCUT2D eigenvalue weighted by Crippen LogP contribution is 2.71. The monoisotopic (exact) mass is 164 g/mol. The number of ketones is 1. The molecule has 3 rings (SSSR count). The minimum absolute atomic E-state index is 0.230. The first-order valence-electron chi connectivity index (χ1n) is 4.65. The first-order valence-corrected chi connectivity index (χ1v) is 4.65. The summed E-state index contributed by atoms with van der Waals surface area (Å²) in [6.45, 7) is 0.